The van der Waals surface area contributed by atoms with Crippen molar-refractivity contribution in [2.45, 2.75) is 25.9 Å². The normalized spacial score (nSPS) is 16.6. The number of aromatic carboxylic acids is 1. The van der Waals surface area contributed by atoms with Gasteiger partial charge in [-0.3, -0.25) is 4.79 Å². The third-order valence-corrected chi connectivity index (χ3v) is 3.90. The van der Waals surface area contributed by atoms with Crippen molar-refractivity contribution in [3.05, 3.63) is 23.8 Å². The second-order valence-electron chi connectivity index (χ2n) is 5.05. The molecule has 1 atom stereocenters. The first-order valence-corrected chi connectivity index (χ1v) is 6.81. The largest absolute Gasteiger partial charge is 0.489 e. The molecule has 114 valence electrons. The number of hydrogen-bond donors (Lipinski definition) is 1. The van der Waals surface area contributed by atoms with Crippen LogP contribution in [0.3, 0.4) is 0 Å². The van der Waals surface area contributed by atoms with E-state index in [-0.39, 0.29) is 23.8 Å². The van der Waals surface area contributed by atoms with E-state index in [1.54, 1.807) is 19.1 Å². The molecule has 1 aliphatic heterocycles. The Hall–Kier alpha value is -2.08. The van der Waals surface area contributed by atoms with Crippen molar-refractivity contribution in [2.24, 2.45) is 0 Å². The molecule has 0 aliphatic carbocycles. The smallest absolute Gasteiger partial charge is 0.339 e. The van der Waals surface area contributed by atoms with Crippen LogP contribution in [0.1, 0.15) is 30.6 Å². The summed E-state index contributed by atoms with van der Waals surface area (Å²) in [6, 6.07) is 4.75. The summed E-state index contributed by atoms with van der Waals surface area (Å²) < 4.78 is 10.8. The molecule has 1 aromatic rings. The molecule has 0 aromatic heterocycles. The van der Waals surface area contributed by atoms with E-state index in [1.165, 1.54) is 18.1 Å². The Morgan fingerprint density at radius 1 is 1.48 bits per heavy atom. The summed E-state index contributed by atoms with van der Waals surface area (Å²) in [6.45, 7) is 4.22. The fourth-order valence-corrected chi connectivity index (χ4v) is 2.30. The number of hydrogen-bond acceptors (Lipinski definition) is 4. The molecular formula is C15H19NO5. The highest BCUT2D eigenvalue weighted by molar-refractivity contribution is 6.03. The molecule has 2 rings (SSSR count). The van der Waals surface area contributed by atoms with Crippen LogP contribution < -0.4 is 9.64 Å². The minimum Gasteiger partial charge on any atom is -0.489 e. The Kier molecular flexibility index (Phi) is 4.18. The molecule has 1 N–H and O–H groups in total. The van der Waals surface area contributed by atoms with Gasteiger partial charge < -0.3 is 19.5 Å². The Morgan fingerprint density at radius 3 is 2.76 bits per heavy atom. The Labute approximate surface area is 123 Å². The second kappa shape index (κ2) is 5.73. The molecule has 1 unspecified atom stereocenters. The first-order valence-electron chi connectivity index (χ1n) is 6.81. The number of carboxylic acids is 1. The molecule has 1 heterocycles. The van der Waals surface area contributed by atoms with Crippen LogP contribution in [-0.4, -0.2) is 42.8 Å². The zero-order chi connectivity index (χ0) is 15.6. The summed E-state index contributed by atoms with van der Waals surface area (Å²) in [7, 11) is 1.50. The number of fused-ring (bicyclic) bond motifs is 1. The molecule has 0 spiro atoms. The lowest BCUT2D eigenvalue weighted by molar-refractivity contribution is -0.139. The van der Waals surface area contributed by atoms with Crippen molar-refractivity contribution >= 4 is 17.6 Å². The molecule has 0 radical (unpaired) electrons. The number of para-hydroxylation sites is 1. The number of anilines is 1. The molecule has 0 saturated heterocycles. The maximum Gasteiger partial charge on any atom is 0.339 e. The summed E-state index contributed by atoms with van der Waals surface area (Å²) >= 11 is 0. The molecular weight excluding hydrogens is 274 g/mol. The number of carbonyl (C=O) groups excluding carboxylic acids is 1. The van der Waals surface area contributed by atoms with Gasteiger partial charge in [0.15, 0.2) is 5.75 Å². The molecule has 0 fully saturated rings. The Morgan fingerprint density at radius 2 is 2.19 bits per heavy atom. The highest BCUT2D eigenvalue weighted by atomic mass is 16.5. The fourth-order valence-electron chi connectivity index (χ4n) is 2.30. The van der Waals surface area contributed by atoms with E-state index in [2.05, 4.69) is 0 Å². The number of benzene rings is 1. The van der Waals surface area contributed by atoms with E-state index in [1.807, 2.05) is 6.92 Å². The summed E-state index contributed by atoms with van der Waals surface area (Å²) in [5.41, 5.74) is -0.406. The molecule has 1 aromatic carbocycles. The SMILES string of the molecule is CCC(C)(OC)C(=O)N1CCOc2c(C(=O)O)cccc21. The van der Waals surface area contributed by atoms with Gasteiger partial charge in [-0.15, -0.1) is 0 Å². The van der Waals surface area contributed by atoms with Crippen molar-refractivity contribution in [2.75, 3.05) is 25.2 Å². The average Bonchev–Trinajstić information content (AvgIpc) is 2.52. The van der Waals surface area contributed by atoms with Crippen molar-refractivity contribution in [1.82, 2.24) is 0 Å². The van der Waals surface area contributed by atoms with Crippen LogP contribution >= 0.6 is 0 Å². The first kappa shape index (κ1) is 15.3. The monoisotopic (exact) mass is 293 g/mol. The van der Waals surface area contributed by atoms with E-state index < -0.39 is 11.6 Å². The van der Waals surface area contributed by atoms with Crippen molar-refractivity contribution in [1.29, 1.82) is 0 Å². The Bertz CT molecular complexity index is 565. The van der Waals surface area contributed by atoms with Gasteiger partial charge in [0.05, 0.1) is 12.2 Å². The quantitative estimate of drug-likeness (QED) is 0.918. The van der Waals surface area contributed by atoms with Crippen LogP contribution in [0, 0.1) is 0 Å². The average molecular weight is 293 g/mol. The predicted octanol–water partition coefficient (Wildman–Crippen LogP) is 1.93. The third-order valence-electron chi connectivity index (χ3n) is 3.90. The summed E-state index contributed by atoms with van der Waals surface area (Å²) in [5.74, 6) is -1.04. The molecule has 6 nitrogen and oxygen atoms in total. The molecule has 21 heavy (non-hydrogen) atoms. The van der Waals surface area contributed by atoms with Crippen LogP contribution in [0.25, 0.3) is 0 Å². The number of nitrogens with zero attached hydrogens (tertiary/aromatic N) is 1. The number of ether oxygens (including phenoxy) is 2. The van der Waals surface area contributed by atoms with Crippen LogP contribution in [0.15, 0.2) is 18.2 Å². The first-order chi connectivity index (χ1) is 9.94. The molecule has 1 aliphatic rings. The fraction of sp³-hybridized carbons (Fsp3) is 0.467. The number of rotatable bonds is 4. The maximum atomic E-state index is 12.7. The van der Waals surface area contributed by atoms with Gasteiger partial charge in [0.2, 0.25) is 0 Å². The van der Waals surface area contributed by atoms with Crippen molar-refractivity contribution in [3.63, 3.8) is 0 Å². The third kappa shape index (κ3) is 2.58. The zero-order valence-electron chi connectivity index (χ0n) is 12.4. The molecule has 0 bridgehead atoms. The molecule has 0 saturated carbocycles. The van der Waals surface area contributed by atoms with E-state index >= 15 is 0 Å². The van der Waals surface area contributed by atoms with Gasteiger partial charge in [-0.05, 0) is 25.5 Å². The van der Waals surface area contributed by atoms with Crippen molar-refractivity contribution < 1.29 is 24.2 Å². The van der Waals surface area contributed by atoms with Gasteiger partial charge >= 0.3 is 5.97 Å². The lowest BCUT2D eigenvalue weighted by Gasteiger charge is -2.36. The number of amides is 1. The maximum absolute atomic E-state index is 12.7. The summed E-state index contributed by atoms with van der Waals surface area (Å²) in [4.78, 5) is 25.5. The lowest BCUT2D eigenvalue weighted by atomic mass is 10.00. The highest BCUT2D eigenvalue weighted by Gasteiger charge is 2.38. The van der Waals surface area contributed by atoms with Gasteiger partial charge in [-0.2, -0.15) is 0 Å². The van der Waals surface area contributed by atoms with Gasteiger partial charge in [0.1, 0.15) is 17.8 Å². The lowest BCUT2D eigenvalue weighted by Crippen LogP contribution is -2.50. The van der Waals surface area contributed by atoms with Gasteiger partial charge in [0.25, 0.3) is 5.91 Å². The highest BCUT2D eigenvalue weighted by Crippen LogP contribution is 2.36. The minimum absolute atomic E-state index is 0.0561. The van der Waals surface area contributed by atoms with Crippen LogP contribution in [0.2, 0.25) is 0 Å². The number of carbonyl (C=O) groups is 2. The van der Waals surface area contributed by atoms with Crippen LogP contribution in [0.5, 0.6) is 5.75 Å². The van der Waals surface area contributed by atoms with E-state index in [0.717, 1.165) is 0 Å². The van der Waals surface area contributed by atoms with Crippen molar-refractivity contribution in [3.8, 4) is 5.75 Å². The van der Waals surface area contributed by atoms with Crippen LogP contribution in [0.4, 0.5) is 5.69 Å². The molecule has 1 amide bonds. The minimum atomic E-state index is -1.08. The van der Waals surface area contributed by atoms with Gasteiger partial charge in [0, 0.05) is 7.11 Å². The topological polar surface area (TPSA) is 76.1 Å². The van der Waals surface area contributed by atoms with E-state index in [4.69, 9.17) is 9.47 Å². The second-order valence-corrected chi connectivity index (χ2v) is 5.05. The number of methoxy groups -OCH3 is 1. The van der Waals surface area contributed by atoms with Gasteiger partial charge in [-0.1, -0.05) is 13.0 Å². The molecule has 6 heteroatoms. The predicted molar refractivity (Wildman–Crippen MR) is 77.0 cm³/mol. The van der Waals surface area contributed by atoms with E-state index in [9.17, 15) is 14.7 Å². The van der Waals surface area contributed by atoms with E-state index in [0.29, 0.717) is 18.7 Å². The zero-order valence-corrected chi connectivity index (χ0v) is 12.4. The van der Waals surface area contributed by atoms with Gasteiger partial charge in [-0.25, -0.2) is 4.79 Å². The van der Waals surface area contributed by atoms with Crippen LogP contribution in [-0.2, 0) is 9.53 Å². The Balaban J connectivity index is 2.46. The summed E-state index contributed by atoms with van der Waals surface area (Å²) in [6.07, 6.45) is 0.521. The standard InChI is InChI=1S/C15H19NO5/c1-4-15(2,20-3)14(19)16-8-9-21-12-10(13(17)18)6-5-7-11(12)16/h5-7H,4,8-9H2,1-3H3,(H,17,18). The number of carboxylic acid groups (broad SMARTS) is 1. The summed E-state index contributed by atoms with van der Waals surface area (Å²) in [5, 5.41) is 9.21.